The zero-order chi connectivity index (χ0) is 17.9. The van der Waals surface area contributed by atoms with Crippen LogP contribution >= 0.6 is 0 Å². The number of methoxy groups -OCH3 is 1. The summed E-state index contributed by atoms with van der Waals surface area (Å²) in [6.45, 7) is 2.10. The second-order valence-electron chi connectivity index (χ2n) is 6.94. The van der Waals surface area contributed by atoms with E-state index in [1.807, 2.05) is 24.3 Å². The van der Waals surface area contributed by atoms with Crippen LogP contribution in [0.2, 0.25) is 0 Å². The van der Waals surface area contributed by atoms with Gasteiger partial charge in [0.25, 0.3) is 0 Å². The highest BCUT2D eigenvalue weighted by molar-refractivity contribution is 7.91. The van der Waals surface area contributed by atoms with Gasteiger partial charge in [-0.2, -0.15) is 0 Å². The lowest BCUT2D eigenvalue weighted by Gasteiger charge is -2.34. The molecular weight excluding hydrogens is 340 g/mol. The summed E-state index contributed by atoms with van der Waals surface area (Å²) in [5.41, 5.74) is 1.02. The Balaban J connectivity index is 1.45. The first-order valence-corrected chi connectivity index (χ1v) is 10.6. The molecule has 3 rings (SSSR count). The highest BCUT2D eigenvalue weighted by Gasteiger charge is 2.35. The van der Waals surface area contributed by atoms with Crippen molar-refractivity contribution in [1.82, 2.24) is 10.2 Å². The zero-order valence-electron chi connectivity index (χ0n) is 14.6. The molecule has 0 saturated carbocycles. The lowest BCUT2D eigenvalue weighted by Crippen LogP contribution is -2.45. The predicted octanol–water partition coefficient (Wildman–Crippen LogP) is 1.21. The molecule has 6 nitrogen and oxygen atoms in total. The number of sulfone groups is 1. The Bertz CT molecular complexity index is 712. The lowest BCUT2D eigenvalue weighted by atomic mass is 9.94. The van der Waals surface area contributed by atoms with Gasteiger partial charge in [-0.1, -0.05) is 12.1 Å². The SMILES string of the molecule is COc1cccc(CNC(=O)C2CCN(C3CCS(=O)(=O)C3)CC2)c1. The maximum absolute atomic E-state index is 12.4. The fourth-order valence-electron chi connectivity index (χ4n) is 3.71. The molecule has 1 aromatic carbocycles. The number of rotatable bonds is 5. The van der Waals surface area contributed by atoms with E-state index in [9.17, 15) is 13.2 Å². The molecule has 2 saturated heterocycles. The third-order valence-corrected chi connectivity index (χ3v) is 6.98. The summed E-state index contributed by atoms with van der Waals surface area (Å²) >= 11 is 0. The maximum Gasteiger partial charge on any atom is 0.223 e. The van der Waals surface area contributed by atoms with E-state index in [4.69, 9.17) is 4.74 Å². The van der Waals surface area contributed by atoms with Gasteiger partial charge in [0.2, 0.25) is 5.91 Å². The Kier molecular flexibility index (Phi) is 5.64. The van der Waals surface area contributed by atoms with E-state index in [1.54, 1.807) is 7.11 Å². The average molecular weight is 366 g/mol. The number of hydrogen-bond acceptors (Lipinski definition) is 5. The van der Waals surface area contributed by atoms with Gasteiger partial charge in [0.05, 0.1) is 18.6 Å². The van der Waals surface area contributed by atoms with Gasteiger partial charge in [-0.15, -0.1) is 0 Å². The molecule has 0 radical (unpaired) electrons. The highest BCUT2D eigenvalue weighted by atomic mass is 32.2. The largest absolute Gasteiger partial charge is 0.497 e. The van der Waals surface area contributed by atoms with Crippen molar-refractivity contribution in [3.63, 3.8) is 0 Å². The van der Waals surface area contributed by atoms with Gasteiger partial charge >= 0.3 is 0 Å². The van der Waals surface area contributed by atoms with Crippen molar-refractivity contribution >= 4 is 15.7 Å². The third kappa shape index (κ3) is 4.73. The number of benzene rings is 1. The minimum absolute atomic E-state index is 0.0138. The van der Waals surface area contributed by atoms with E-state index in [2.05, 4.69) is 10.2 Å². The standard InChI is InChI=1S/C18H26N2O4S/c1-24-17-4-2-3-14(11-17)12-19-18(21)15-5-8-20(9-6-15)16-7-10-25(22,23)13-16/h2-4,11,15-16H,5-10,12-13H2,1H3,(H,19,21). The molecule has 138 valence electrons. The van der Waals surface area contributed by atoms with Gasteiger partial charge in [-0.3, -0.25) is 9.69 Å². The number of hydrogen-bond donors (Lipinski definition) is 1. The smallest absolute Gasteiger partial charge is 0.223 e. The number of ether oxygens (including phenoxy) is 1. The Morgan fingerprint density at radius 1 is 1.28 bits per heavy atom. The lowest BCUT2D eigenvalue weighted by molar-refractivity contribution is -0.126. The molecule has 1 aromatic rings. The van der Waals surface area contributed by atoms with Gasteiger partial charge < -0.3 is 10.1 Å². The van der Waals surface area contributed by atoms with Crippen molar-refractivity contribution in [3.8, 4) is 5.75 Å². The molecule has 2 fully saturated rings. The van der Waals surface area contributed by atoms with Crippen LogP contribution in [0.1, 0.15) is 24.8 Å². The van der Waals surface area contributed by atoms with E-state index in [1.165, 1.54) is 0 Å². The monoisotopic (exact) mass is 366 g/mol. The summed E-state index contributed by atoms with van der Waals surface area (Å²) < 4.78 is 28.4. The van der Waals surface area contributed by atoms with E-state index in [-0.39, 0.29) is 23.6 Å². The molecule has 2 aliphatic heterocycles. The van der Waals surface area contributed by atoms with Gasteiger partial charge in [-0.05, 0) is 50.0 Å². The second kappa shape index (κ2) is 7.74. The van der Waals surface area contributed by atoms with Crippen LogP contribution in [0.4, 0.5) is 0 Å². The predicted molar refractivity (Wildman–Crippen MR) is 96.2 cm³/mol. The molecule has 1 N–H and O–H groups in total. The van der Waals surface area contributed by atoms with Crippen LogP contribution in [-0.4, -0.2) is 57.0 Å². The molecule has 1 unspecified atom stereocenters. The summed E-state index contributed by atoms with van der Waals surface area (Å²) in [4.78, 5) is 14.6. The van der Waals surface area contributed by atoms with Crippen LogP contribution in [0.25, 0.3) is 0 Å². The highest BCUT2D eigenvalue weighted by Crippen LogP contribution is 2.24. The molecule has 25 heavy (non-hydrogen) atoms. The molecule has 0 aliphatic carbocycles. The van der Waals surface area contributed by atoms with E-state index in [0.29, 0.717) is 12.3 Å². The molecule has 7 heteroatoms. The van der Waals surface area contributed by atoms with Crippen molar-refractivity contribution in [2.45, 2.75) is 31.8 Å². The van der Waals surface area contributed by atoms with Crippen molar-refractivity contribution in [3.05, 3.63) is 29.8 Å². The molecule has 2 heterocycles. The fourth-order valence-corrected chi connectivity index (χ4v) is 5.47. The van der Waals surface area contributed by atoms with Crippen molar-refractivity contribution in [2.75, 3.05) is 31.7 Å². The molecule has 0 bridgehead atoms. The van der Waals surface area contributed by atoms with Crippen LogP contribution in [-0.2, 0) is 21.2 Å². The molecule has 1 amide bonds. The molecular formula is C18H26N2O4S. The number of likely N-dealkylation sites (tertiary alicyclic amines) is 1. The molecule has 1 atom stereocenters. The van der Waals surface area contributed by atoms with Gasteiger partial charge in [0.1, 0.15) is 5.75 Å². The third-order valence-electron chi connectivity index (χ3n) is 5.23. The van der Waals surface area contributed by atoms with E-state index < -0.39 is 9.84 Å². The number of carbonyl (C=O) groups is 1. The molecule has 0 spiro atoms. The van der Waals surface area contributed by atoms with Crippen molar-refractivity contribution in [1.29, 1.82) is 0 Å². The topological polar surface area (TPSA) is 75.7 Å². The zero-order valence-corrected chi connectivity index (χ0v) is 15.4. The first-order valence-electron chi connectivity index (χ1n) is 8.82. The Morgan fingerprint density at radius 3 is 2.68 bits per heavy atom. The Morgan fingerprint density at radius 2 is 2.04 bits per heavy atom. The number of nitrogens with zero attached hydrogens (tertiary/aromatic N) is 1. The first kappa shape index (κ1) is 18.2. The maximum atomic E-state index is 12.4. The molecule has 2 aliphatic rings. The summed E-state index contributed by atoms with van der Waals surface area (Å²) in [6.07, 6.45) is 2.32. The normalized spacial score (nSPS) is 24.1. The van der Waals surface area contributed by atoms with E-state index in [0.717, 1.165) is 43.7 Å². The Hall–Kier alpha value is -1.60. The Labute approximate surface area is 149 Å². The molecule has 0 aromatic heterocycles. The van der Waals surface area contributed by atoms with Crippen LogP contribution < -0.4 is 10.1 Å². The van der Waals surface area contributed by atoms with Crippen molar-refractivity contribution in [2.24, 2.45) is 5.92 Å². The summed E-state index contributed by atoms with van der Waals surface area (Å²) in [6, 6.07) is 7.82. The average Bonchev–Trinajstić information content (AvgIpc) is 3.00. The van der Waals surface area contributed by atoms with Gasteiger partial charge in [-0.25, -0.2) is 8.42 Å². The minimum Gasteiger partial charge on any atom is -0.497 e. The number of nitrogens with one attached hydrogen (secondary N) is 1. The van der Waals surface area contributed by atoms with Crippen LogP contribution in [0, 0.1) is 5.92 Å². The van der Waals surface area contributed by atoms with Crippen LogP contribution in [0.3, 0.4) is 0 Å². The summed E-state index contributed by atoms with van der Waals surface area (Å²) in [5.74, 6) is 1.46. The first-order chi connectivity index (χ1) is 12.0. The second-order valence-corrected chi connectivity index (χ2v) is 9.17. The van der Waals surface area contributed by atoms with Crippen molar-refractivity contribution < 1.29 is 17.9 Å². The summed E-state index contributed by atoms with van der Waals surface area (Å²) in [5, 5.41) is 3.01. The fraction of sp³-hybridized carbons (Fsp3) is 0.611. The quantitative estimate of drug-likeness (QED) is 0.848. The van der Waals surface area contributed by atoms with Crippen LogP contribution in [0.5, 0.6) is 5.75 Å². The number of amides is 1. The van der Waals surface area contributed by atoms with E-state index >= 15 is 0 Å². The van der Waals surface area contributed by atoms with Crippen LogP contribution in [0.15, 0.2) is 24.3 Å². The number of piperidine rings is 1. The minimum atomic E-state index is -2.85. The summed E-state index contributed by atoms with van der Waals surface area (Å²) in [7, 11) is -1.22. The number of carbonyl (C=O) groups excluding carboxylic acids is 1. The van der Waals surface area contributed by atoms with Gasteiger partial charge in [0.15, 0.2) is 9.84 Å². The van der Waals surface area contributed by atoms with Gasteiger partial charge in [0, 0.05) is 18.5 Å².